The van der Waals surface area contributed by atoms with Crippen LogP contribution >= 0.6 is 11.6 Å². The number of halogens is 2. The molecule has 0 spiro atoms. The van der Waals surface area contributed by atoms with Crippen molar-refractivity contribution >= 4 is 17.5 Å². The van der Waals surface area contributed by atoms with Crippen molar-refractivity contribution in [3.63, 3.8) is 0 Å². The predicted octanol–water partition coefficient (Wildman–Crippen LogP) is 3.75. The molecule has 1 amide bonds. The molecule has 0 unspecified atom stereocenters. The third-order valence-electron chi connectivity index (χ3n) is 3.16. The molecule has 0 fully saturated rings. The quantitative estimate of drug-likeness (QED) is 0.737. The highest BCUT2D eigenvalue weighted by molar-refractivity contribution is 6.30. The highest BCUT2D eigenvalue weighted by atomic mass is 35.5. The molecule has 2 aromatic rings. The molecule has 0 radical (unpaired) electrons. The average Bonchev–Trinajstić information content (AvgIpc) is 2.56. The molecule has 0 aliphatic carbocycles. The normalized spacial score (nSPS) is 10.3. The number of carbonyl (C=O) groups is 1. The molecule has 0 saturated heterocycles. The van der Waals surface area contributed by atoms with E-state index in [2.05, 4.69) is 5.32 Å². The summed E-state index contributed by atoms with van der Waals surface area (Å²) in [6, 6.07) is 11.7. The zero-order valence-corrected chi connectivity index (χ0v) is 14.1. The van der Waals surface area contributed by atoms with E-state index in [1.165, 1.54) is 18.2 Å². The van der Waals surface area contributed by atoms with Crippen LogP contribution in [0.3, 0.4) is 0 Å². The molecule has 128 valence electrons. The van der Waals surface area contributed by atoms with Crippen molar-refractivity contribution in [1.82, 2.24) is 5.32 Å². The number of aryl methyl sites for hydroxylation is 1. The Balaban J connectivity index is 1.60. The number of nitrogens with one attached hydrogen (secondary N) is 1. The van der Waals surface area contributed by atoms with Gasteiger partial charge in [-0.1, -0.05) is 23.7 Å². The van der Waals surface area contributed by atoms with Crippen molar-refractivity contribution in [2.45, 2.75) is 13.3 Å². The maximum Gasteiger partial charge on any atom is 0.257 e. The van der Waals surface area contributed by atoms with E-state index < -0.39 is 5.82 Å². The van der Waals surface area contributed by atoms with Gasteiger partial charge >= 0.3 is 0 Å². The van der Waals surface area contributed by atoms with Gasteiger partial charge in [0.2, 0.25) is 0 Å². The maximum atomic E-state index is 13.0. The fourth-order valence-corrected chi connectivity index (χ4v) is 2.13. The molecule has 0 aromatic heterocycles. The molecule has 24 heavy (non-hydrogen) atoms. The average molecular weight is 352 g/mol. The molecule has 0 atom stereocenters. The molecule has 0 saturated carbocycles. The first kappa shape index (κ1) is 18.1. The van der Waals surface area contributed by atoms with Crippen molar-refractivity contribution in [1.29, 1.82) is 0 Å². The summed E-state index contributed by atoms with van der Waals surface area (Å²) in [4.78, 5) is 11.7. The van der Waals surface area contributed by atoms with E-state index in [4.69, 9.17) is 21.1 Å². The molecule has 0 aliphatic rings. The van der Waals surface area contributed by atoms with Crippen LogP contribution in [0.1, 0.15) is 12.0 Å². The minimum absolute atomic E-state index is 0.0406. The second kappa shape index (κ2) is 9.13. The number of benzene rings is 2. The van der Waals surface area contributed by atoms with Gasteiger partial charge in [-0.25, -0.2) is 4.39 Å². The second-order valence-electron chi connectivity index (χ2n) is 5.23. The Kier molecular flexibility index (Phi) is 6.88. The van der Waals surface area contributed by atoms with Crippen molar-refractivity contribution < 1.29 is 18.7 Å². The highest BCUT2D eigenvalue weighted by Crippen LogP contribution is 2.20. The van der Waals surface area contributed by atoms with Crippen LogP contribution in [-0.2, 0) is 4.79 Å². The van der Waals surface area contributed by atoms with Crippen molar-refractivity contribution in [3.05, 3.63) is 58.9 Å². The summed E-state index contributed by atoms with van der Waals surface area (Å²) >= 11 is 5.64. The van der Waals surface area contributed by atoms with Gasteiger partial charge in [0.05, 0.1) is 11.6 Å². The summed E-state index contributed by atoms with van der Waals surface area (Å²) in [7, 11) is 0. The van der Waals surface area contributed by atoms with Crippen LogP contribution in [0, 0.1) is 12.7 Å². The molecular formula is C18H19ClFNO3. The minimum atomic E-state index is -0.526. The molecule has 1 N–H and O–H groups in total. The van der Waals surface area contributed by atoms with Crippen LogP contribution in [0.5, 0.6) is 11.5 Å². The Morgan fingerprint density at radius 3 is 2.71 bits per heavy atom. The van der Waals surface area contributed by atoms with E-state index in [1.807, 2.05) is 31.2 Å². The predicted molar refractivity (Wildman–Crippen MR) is 91.2 cm³/mol. The summed E-state index contributed by atoms with van der Waals surface area (Å²) in [5.41, 5.74) is 1.14. The number of rotatable bonds is 8. The van der Waals surface area contributed by atoms with Crippen LogP contribution in [0.25, 0.3) is 0 Å². The Morgan fingerprint density at radius 1 is 1.17 bits per heavy atom. The third kappa shape index (κ3) is 6.08. The zero-order valence-electron chi connectivity index (χ0n) is 13.4. The third-order valence-corrected chi connectivity index (χ3v) is 3.45. The van der Waals surface area contributed by atoms with Gasteiger partial charge in [-0.15, -0.1) is 0 Å². The summed E-state index contributed by atoms with van der Waals surface area (Å²) in [6.45, 7) is 2.85. The van der Waals surface area contributed by atoms with Gasteiger partial charge in [0.25, 0.3) is 5.91 Å². The van der Waals surface area contributed by atoms with E-state index >= 15 is 0 Å². The van der Waals surface area contributed by atoms with Gasteiger partial charge in [-0.3, -0.25) is 4.79 Å². The maximum absolute atomic E-state index is 13.0. The van der Waals surface area contributed by atoms with E-state index in [1.54, 1.807) is 0 Å². The summed E-state index contributed by atoms with van der Waals surface area (Å²) in [5.74, 6) is 0.380. The largest absolute Gasteiger partial charge is 0.494 e. The number of carbonyl (C=O) groups excluding carboxylic acids is 1. The molecule has 0 aliphatic heterocycles. The summed E-state index contributed by atoms with van der Waals surface area (Å²) in [6.07, 6.45) is 0.683. The number of hydrogen-bond donors (Lipinski definition) is 1. The summed E-state index contributed by atoms with van der Waals surface area (Å²) < 4.78 is 23.8. The van der Waals surface area contributed by atoms with E-state index in [0.29, 0.717) is 25.3 Å². The van der Waals surface area contributed by atoms with Crippen LogP contribution in [0.15, 0.2) is 42.5 Å². The van der Waals surface area contributed by atoms with Gasteiger partial charge < -0.3 is 14.8 Å². The van der Waals surface area contributed by atoms with Gasteiger partial charge in [0.1, 0.15) is 17.3 Å². The van der Waals surface area contributed by atoms with E-state index in [0.717, 1.165) is 11.3 Å². The van der Waals surface area contributed by atoms with Crippen LogP contribution in [-0.4, -0.2) is 25.7 Å². The van der Waals surface area contributed by atoms with Crippen LogP contribution in [0.2, 0.25) is 5.02 Å². The molecular weight excluding hydrogens is 333 g/mol. The molecule has 6 heteroatoms. The first-order chi connectivity index (χ1) is 11.5. The van der Waals surface area contributed by atoms with Crippen LogP contribution < -0.4 is 14.8 Å². The zero-order chi connectivity index (χ0) is 17.4. The van der Waals surface area contributed by atoms with Crippen molar-refractivity contribution in [2.24, 2.45) is 0 Å². The fourth-order valence-electron chi connectivity index (χ4n) is 1.96. The first-order valence-corrected chi connectivity index (χ1v) is 7.96. The first-order valence-electron chi connectivity index (χ1n) is 7.58. The molecule has 2 aromatic carbocycles. The topological polar surface area (TPSA) is 47.6 Å². The molecule has 0 heterocycles. The Morgan fingerprint density at radius 2 is 1.96 bits per heavy atom. The van der Waals surface area contributed by atoms with Gasteiger partial charge in [0.15, 0.2) is 6.61 Å². The number of amides is 1. The smallest absolute Gasteiger partial charge is 0.257 e. The lowest BCUT2D eigenvalue weighted by atomic mass is 10.2. The SMILES string of the molecule is Cc1cccc(OCCCNC(=O)COc2ccc(F)c(Cl)c2)c1. The van der Waals surface area contributed by atoms with Crippen molar-refractivity contribution in [2.75, 3.05) is 19.8 Å². The molecule has 0 bridgehead atoms. The van der Waals surface area contributed by atoms with Crippen molar-refractivity contribution in [3.8, 4) is 11.5 Å². The van der Waals surface area contributed by atoms with E-state index in [9.17, 15) is 9.18 Å². The minimum Gasteiger partial charge on any atom is -0.494 e. The lowest BCUT2D eigenvalue weighted by Crippen LogP contribution is -2.30. The Labute approximate surface area is 145 Å². The van der Waals surface area contributed by atoms with Crippen LogP contribution in [0.4, 0.5) is 4.39 Å². The fraction of sp³-hybridized carbons (Fsp3) is 0.278. The highest BCUT2D eigenvalue weighted by Gasteiger charge is 2.05. The van der Waals surface area contributed by atoms with Gasteiger partial charge in [0, 0.05) is 12.6 Å². The lowest BCUT2D eigenvalue weighted by Gasteiger charge is -2.09. The Bertz CT molecular complexity index is 694. The monoisotopic (exact) mass is 351 g/mol. The van der Waals surface area contributed by atoms with Gasteiger partial charge in [-0.05, 0) is 43.2 Å². The van der Waals surface area contributed by atoms with E-state index in [-0.39, 0.29) is 17.5 Å². The van der Waals surface area contributed by atoms with Gasteiger partial charge in [-0.2, -0.15) is 0 Å². The lowest BCUT2D eigenvalue weighted by molar-refractivity contribution is -0.123. The molecule has 4 nitrogen and oxygen atoms in total. The number of hydrogen-bond acceptors (Lipinski definition) is 3. The number of ether oxygens (including phenoxy) is 2. The summed E-state index contributed by atoms with van der Waals surface area (Å²) in [5, 5.41) is 2.69. The Hall–Kier alpha value is -2.27. The second-order valence-corrected chi connectivity index (χ2v) is 5.64. The molecule has 2 rings (SSSR count). The standard InChI is InChI=1S/C18H19ClFNO3/c1-13-4-2-5-14(10-13)23-9-3-8-21-18(22)12-24-15-6-7-17(20)16(19)11-15/h2,4-7,10-11H,3,8-9,12H2,1H3,(H,21,22).